The number of anilines is 1. The van der Waals surface area contributed by atoms with E-state index in [0.717, 1.165) is 0 Å². The topological polar surface area (TPSA) is 165 Å². The fourth-order valence-electron chi connectivity index (χ4n) is 3.02. The van der Waals surface area contributed by atoms with Gasteiger partial charge in [-0.15, -0.1) is 0 Å². The number of aliphatic hydroxyl groups is 2. The fraction of sp³-hybridized carbons (Fsp3) is 0.556. The summed E-state index contributed by atoms with van der Waals surface area (Å²) in [6.45, 7) is 5.40. The van der Waals surface area contributed by atoms with Crippen LogP contribution in [0.2, 0.25) is 0 Å². The zero-order valence-corrected chi connectivity index (χ0v) is 16.3. The second-order valence-electron chi connectivity index (χ2n) is 8.01. The highest BCUT2D eigenvalue weighted by Gasteiger charge is 2.57. The summed E-state index contributed by atoms with van der Waals surface area (Å²) in [6, 6.07) is 4.98. The molecule has 11 nitrogen and oxygen atoms in total. The second-order valence-corrected chi connectivity index (χ2v) is 8.01. The van der Waals surface area contributed by atoms with Crippen LogP contribution in [0.25, 0.3) is 5.52 Å². The molecule has 0 aliphatic carbocycles. The molecular formula is C18H23N5O6. The summed E-state index contributed by atoms with van der Waals surface area (Å²) in [5, 5.41) is 34.8. The molecule has 0 amide bonds. The van der Waals surface area contributed by atoms with Gasteiger partial charge < -0.3 is 30.2 Å². The molecule has 156 valence electrons. The van der Waals surface area contributed by atoms with E-state index in [4.69, 9.17) is 19.9 Å². The number of nitrogens with zero attached hydrogens (tertiary/aromatic N) is 4. The summed E-state index contributed by atoms with van der Waals surface area (Å²) >= 11 is 0. The lowest BCUT2D eigenvalue weighted by Crippen LogP contribution is -2.41. The van der Waals surface area contributed by atoms with Crippen molar-refractivity contribution in [1.29, 1.82) is 5.26 Å². The smallest absolute Gasteiger partial charge is 0.434 e. The van der Waals surface area contributed by atoms with Crippen LogP contribution in [-0.4, -0.2) is 62.5 Å². The third kappa shape index (κ3) is 3.82. The maximum absolute atomic E-state index is 11.8. The van der Waals surface area contributed by atoms with Crippen molar-refractivity contribution in [2.75, 3.05) is 18.9 Å². The van der Waals surface area contributed by atoms with Crippen LogP contribution in [0, 0.1) is 16.7 Å². The van der Waals surface area contributed by atoms with Crippen LogP contribution < -0.4 is 5.73 Å². The average Bonchev–Trinajstić information content (AvgIpc) is 3.20. The fourth-order valence-corrected chi connectivity index (χ4v) is 3.02. The first-order chi connectivity index (χ1) is 13.6. The van der Waals surface area contributed by atoms with Gasteiger partial charge in [0.05, 0.1) is 12.3 Å². The zero-order valence-electron chi connectivity index (χ0n) is 16.3. The lowest BCUT2D eigenvalue weighted by molar-refractivity contribution is -0.0734. The number of aliphatic hydroxyl groups excluding tert-OH is 2. The van der Waals surface area contributed by atoms with Crippen LogP contribution in [0.3, 0.4) is 0 Å². The number of nitrogens with two attached hydrogens (primary N) is 1. The van der Waals surface area contributed by atoms with Gasteiger partial charge in [-0.25, -0.2) is 14.3 Å². The van der Waals surface area contributed by atoms with E-state index in [-0.39, 0.29) is 23.5 Å². The highest BCUT2D eigenvalue weighted by molar-refractivity contribution is 5.66. The highest BCUT2D eigenvalue weighted by Crippen LogP contribution is 2.40. The van der Waals surface area contributed by atoms with Gasteiger partial charge in [-0.1, -0.05) is 20.8 Å². The van der Waals surface area contributed by atoms with Crippen LogP contribution in [0.1, 0.15) is 26.5 Å². The van der Waals surface area contributed by atoms with Crippen molar-refractivity contribution in [3.8, 4) is 6.07 Å². The molecule has 0 spiro atoms. The van der Waals surface area contributed by atoms with Crippen LogP contribution in [0.15, 0.2) is 18.5 Å². The van der Waals surface area contributed by atoms with Gasteiger partial charge in [0.15, 0.2) is 5.82 Å². The van der Waals surface area contributed by atoms with E-state index in [2.05, 4.69) is 10.1 Å². The summed E-state index contributed by atoms with van der Waals surface area (Å²) < 4.78 is 17.0. The normalized spacial score (nSPS) is 27.0. The number of carbonyl (C=O) groups excluding carboxylic acids is 1. The molecule has 0 unspecified atom stereocenters. The van der Waals surface area contributed by atoms with E-state index < -0.39 is 36.7 Å². The number of aromatic nitrogens is 3. The Morgan fingerprint density at radius 1 is 1.41 bits per heavy atom. The molecule has 2 aromatic rings. The average molecular weight is 405 g/mol. The molecule has 0 radical (unpaired) electrons. The van der Waals surface area contributed by atoms with Crippen molar-refractivity contribution in [3.05, 3.63) is 24.2 Å². The Morgan fingerprint density at radius 3 is 2.79 bits per heavy atom. The molecule has 29 heavy (non-hydrogen) atoms. The lowest BCUT2D eigenvalue weighted by Gasteiger charge is -2.24. The third-order valence-electron chi connectivity index (χ3n) is 4.48. The van der Waals surface area contributed by atoms with Crippen molar-refractivity contribution in [2.24, 2.45) is 5.41 Å². The molecule has 0 bridgehead atoms. The molecule has 1 fully saturated rings. The van der Waals surface area contributed by atoms with Gasteiger partial charge in [-0.05, 0) is 17.5 Å². The number of hydrogen-bond acceptors (Lipinski definition) is 10. The number of nitriles is 1. The summed E-state index contributed by atoms with van der Waals surface area (Å²) in [7, 11) is 0. The zero-order chi connectivity index (χ0) is 21.4. The Labute approximate surface area is 166 Å². The largest absolute Gasteiger partial charge is 0.508 e. The minimum atomic E-state index is -1.95. The maximum atomic E-state index is 11.8. The molecule has 4 N–H and O–H groups in total. The van der Waals surface area contributed by atoms with E-state index in [1.807, 2.05) is 26.8 Å². The number of rotatable bonds is 4. The summed E-state index contributed by atoms with van der Waals surface area (Å²) in [4.78, 5) is 15.6. The van der Waals surface area contributed by atoms with E-state index in [0.29, 0.717) is 5.52 Å². The number of nitrogen functional groups attached to an aromatic ring is 1. The molecule has 4 atom stereocenters. The Morgan fingerprint density at radius 2 is 2.14 bits per heavy atom. The third-order valence-corrected chi connectivity index (χ3v) is 4.48. The quantitative estimate of drug-likeness (QED) is 0.604. The minimum absolute atomic E-state index is 0.141. The predicted molar refractivity (Wildman–Crippen MR) is 98.3 cm³/mol. The molecule has 1 aliphatic rings. The first kappa shape index (κ1) is 20.8. The van der Waals surface area contributed by atoms with Crippen LogP contribution in [-0.2, 0) is 19.8 Å². The Balaban J connectivity index is 1.79. The van der Waals surface area contributed by atoms with Crippen LogP contribution in [0.4, 0.5) is 10.6 Å². The minimum Gasteiger partial charge on any atom is -0.434 e. The van der Waals surface area contributed by atoms with Crippen molar-refractivity contribution in [2.45, 2.75) is 44.7 Å². The van der Waals surface area contributed by atoms with E-state index in [9.17, 15) is 20.3 Å². The van der Waals surface area contributed by atoms with E-state index in [1.165, 1.54) is 16.9 Å². The van der Waals surface area contributed by atoms with Gasteiger partial charge in [-0.2, -0.15) is 10.4 Å². The monoisotopic (exact) mass is 405 g/mol. The standard InChI is InChI=1S/C18H23N5O6/c1-17(2,3)8-28-16(26)27-6-11-13(24)14(25)18(7-19,29-11)12-5-4-10-15(20)21-9-22-23(10)12/h4-5,9,11,13-14,24-25H,6,8H2,1-3H3,(H2,20,21,22)/t11-,13-,14-,18+/m1/s1. The number of hydrogen-bond donors (Lipinski definition) is 3. The predicted octanol–water partition coefficient (Wildman–Crippen LogP) is 0.350. The number of fused-ring (bicyclic) bond motifs is 1. The molecule has 0 aromatic carbocycles. The summed E-state index contributed by atoms with van der Waals surface area (Å²) in [5.41, 5.74) is 4.18. The molecule has 1 aliphatic heterocycles. The van der Waals surface area contributed by atoms with Crippen molar-refractivity contribution >= 4 is 17.5 Å². The van der Waals surface area contributed by atoms with E-state index >= 15 is 0 Å². The Bertz CT molecular complexity index is 948. The van der Waals surface area contributed by atoms with Gasteiger partial charge in [0, 0.05) is 0 Å². The van der Waals surface area contributed by atoms with Crippen molar-refractivity contribution in [1.82, 2.24) is 14.6 Å². The van der Waals surface area contributed by atoms with Crippen molar-refractivity contribution < 1.29 is 29.2 Å². The number of ether oxygens (including phenoxy) is 3. The van der Waals surface area contributed by atoms with Gasteiger partial charge in [0.2, 0.25) is 5.60 Å². The number of carbonyl (C=O) groups is 1. The highest BCUT2D eigenvalue weighted by atomic mass is 16.7. The van der Waals surface area contributed by atoms with Gasteiger partial charge in [0.1, 0.15) is 42.8 Å². The van der Waals surface area contributed by atoms with Gasteiger partial charge in [-0.3, -0.25) is 0 Å². The van der Waals surface area contributed by atoms with Crippen LogP contribution in [0.5, 0.6) is 0 Å². The van der Waals surface area contributed by atoms with Gasteiger partial charge in [0.25, 0.3) is 0 Å². The molecule has 3 heterocycles. The second kappa shape index (κ2) is 7.47. The van der Waals surface area contributed by atoms with Crippen LogP contribution >= 0.6 is 0 Å². The summed E-state index contributed by atoms with van der Waals surface area (Å²) in [6.07, 6.45) is -4.01. The van der Waals surface area contributed by atoms with Crippen molar-refractivity contribution in [3.63, 3.8) is 0 Å². The Hall–Kier alpha value is -2.94. The Kier molecular flexibility index (Phi) is 5.36. The molecule has 3 rings (SSSR count). The molecule has 0 saturated carbocycles. The molecular weight excluding hydrogens is 382 g/mol. The molecule has 2 aromatic heterocycles. The summed E-state index contributed by atoms with van der Waals surface area (Å²) in [5.74, 6) is 0.175. The van der Waals surface area contributed by atoms with Gasteiger partial charge >= 0.3 is 6.16 Å². The SMILES string of the molecule is CC(C)(C)COC(=O)OC[C@H]1O[C@@](C#N)(c2ccc3c(N)ncnn23)[C@H](O)[C@@H]1O. The molecule has 11 heteroatoms. The maximum Gasteiger partial charge on any atom is 0.508 e. The van der Waals surface area contributed by atoms with E-state index in [1.54, 1.807) is 6.07 Å². The lowest BCUT2D eigenvalue weighted by atomic mass is 9.92. The first-order valence-corrected chi connectivity index (χ1v) is 8.92. The first-order valence-electron chi connectivity index (χ1n) is 8.92. The molecule has 1 saturated heterocycles.